The van der Waals surface area contributed by atoms with Gasteiger partial charge < -0.3 is 10.0 Å². The fraction of sp³-hybridized carbons (Fsp3) is 0.500. The second-order valence-corrected chi connectivity index (χ2v) is 4.86. The number of rotatable bonds is 2. The standard InChI is InChI=1S/C14H18FNO2/c1-10-5-3-2-4-8-16(10)13-7-6-11(15)9-12(13)14(17)18/h6-7,9-10H,2-5,8H2,1H3,(H,17,18). The van der Waals surface area contributed by atoms with Crippen LogP contribution >= 0.6 is 0 Å². The molecule has 0 aliphatic carbocycles. The van der Waals surface area contributed by atoms with Gasteiger partial charge in [-0.25, -0.2) is 9.18 Å². The lowest BCUT2D eigenvalue weighted by atomic mass is 10.1. The Labute approximate surface area is 106 Å². The second-order valence-electron chi connectivity index (χ2n) is 4.86. The molecule has 4 heteroatoms. The van der Waals surface area contributed by atoms with Gasteiger partial charge in [0.2, 0.25) is 0 Å². The summed E-state index contributed by atoms with van der Waals surface area (Å²) in [4.78, 5) is 13.3. The molecule has 1 aromatic rings. The van der Waals surface area contributed by atoms with Crippen LogP contribution in [0.25, 0.3) is 0 Å². The van der Waals surface area contributed by atoms with E-state index in [1.165, 1.54) is 18.9 Å². The molecule has 2 rings (SSSR count). The second kappa shape index (κ2) is 5.38. The lowest BCUT2D eigenvalue weighted by molar-refractivity contribution is 0.0697. The van der Waals surface area contributed by atoms with E-state index in [9.17, 15) is 14.3 Å². The molecule has 3 nitrogen and oxygen atoms in total. The molecule has 98 valence electrons. The number of hydrogen-bond acceptors (Lipinski definition) is 2. The van der Waals surface area contributed by atoms with Gasteiger partial charge in [-0.1, -0.05) is 12.8 Å². The molecule has 1 saturated heterocycles. The molecular formula is C14H18FNO2. The van der Waals surface area contributed by atoms with Crippen molar-refractivity contribution < 1.29 is 14.3 Å². The van der Waals surface area contributed by atoms with E-state index in [4.69, 9.17) is 0 Å². The Morgan fingerprint density at radius 2 is 2.17 bits per heavy atom. The molecule has 1 N–H and O–H groups in total. The molecule has 0 radical (unpaired) electrons. The first-order valence-corrected chi connectivity index (χ1v) is 6.39. The SMILES string of the molecule is CC1CCCCCN1c1ccc(F)cc1C(=O)O. The Hall–Kier alpha value is -1.58. The Morgan fingerprint density at radius 1 is 1.39 bits per heavy atom. The van der Waals surface area contributed by atoms with Crippen molar-refractivity contribution >= 4 is 11.7 Å². The Morgan fingerprint density at radius 3 is 2.89 bits per heavy atom. The summed E-state index contributed by atoms with van der Waals surface area (Å²) in [6, 6.07) is 4.32. The quantitative estimate of drug-likeness (QED) is 0.876. The van der Waals surface area contributed by atoms with Crippen LogP contribution in [0.2, 0.25) is 0 Å². The Kier molecular flexibility index (Phi) is 3.84. The molecular weight excluding hydrogens is 233 g/mol. The average Bonchev–Trinajstić information content (AvgIpc) is 2.54. The first kappa shape index (κ1) is 12.9. The van der Waals surface area contributed by atoms with Gasteiger partial charge in [0.25, 0.3) is 0 Å². The summed E-state index contributed by atoms with van der Waals surface area (Å²) in [7, 11) is 0. The number of carboxylic acids is 1. The van der Waals surface area contributed by atoms with Crippen molar-refractivity contribution in [1.82, 2.24) is 0 Å². The molecule has 1 unspecified atom stereocenters. The number of anilines is 1. The van der Waals surface area contributed by atoms with Gasteiger partial charge in [0.15, 0.2) is 0 Å². The van der Waals surface area contributed by atoms with Crippen molar-refractivity contribution in [3.63, 3.8) is 0 Å². The highest BCUT2D eigenvalue weighted by molar-refractivity contribution is 5.94. The molecule has 1 fully saturated rings. The minimum atomic E-state index is -1.07. The molecule has 0 bridgehead atoms. The van der Waals surface area contributed by atoms with Gasteiger partial charge >= 0.3 is 5.97 Å². The van der Waals surface area contributed by atoms with Crippen LogP contribution in [0, 0.1) is 5.82 Å². The maximum atomic E-state index is 13.2. The van der Waals surface area contributed by atoms with Crippen LogP contribution in [0.15, 0.2) is 18.2 Å². The fourth-order valence-corrected chi connectivity index (χ4v) is 2.56. The van der Waals surface area contributed by atoms with Crippen LogP contribution in [0.3, 0.4) is 0 Å². The number of nitrogens with zero attached hydrogens (tertiary/aromatic N) is 1. The molecule has 1 heterocycles. The maximum absolute atomic E-state index is 13.2. The lowest BCUT2D eigenvalue weighted by Crippen LogP contribution is -2.33. The molecule has 1 aliphatic rings. The van der Waals surface area contributed by atoms with Crippen LogP contribution in [-0.2, 0) is 0 Å². The summed E-state index contributed by atoms with van der Waals surface area (Å²) in [5.41, 5.74) is 0.696. The zero-order valence-electron chi connectivity index (χ0n) is 10.5. The van der Waals surface area contributed by atoms with Gasteiger partial charge in [-0.05, 0) is 38.0 Å². The average molecular weight is 251 g/mol. The van der Waals surface area contributed by atoms with Crippen molar-refractivity contribution in [3.8, 4) is 0 Å². The van der Waals surface area contributed by atoms with Gasteiger partial charge in [0.05, 0.1) is 11.3 Å². The van der Waals surface area contributed by atoms with Gasteiger partial charge in [-0.15, -0.1) is 0 Å². The third-order valence-corrected chi connectivity index (χ3v) is 3.55. The van der Waals surface area contributed by atoms with Gasteiger partial charge in [-0.2, -0.15) is 0 Å². The molecule has 0 saturated carbocycles. The van der Waals surface area contributed by atoms with Crippen molar-refractivity contribution in [2.75, 3.05) is 11.4 Å². The monoisotopic (exact) mass is 251 g/mol. The number of benzene rings is 1. The zero-order chi connectivity index (χ0) is 13.1. The van der Waals surface area contributed by atoms with Crippen LogP contribution in [0.1, 0.15) is 43.0 Å². The van der Waals surface area contributed by atoms with Gasteiger partial charge in [0, 0.05) is 12.6 Å². The van der Waals surface area contributed by atoms with Crippen molar-refractivity contribution in [2.45, 2.75) is 38.6 Å². The highest BCUT2D eigenvalue weighted by atomic mass is 19.1. The normalized spacial score (nSPS) is 20.6. The number of halogens is 1. The van der Waals surface area contributed by atoms with E-state index in [1.54, 1.807) is 6.07 Å². The predicted molar refractivity (Wildman–Crippen MR) is 68.6 cm³/mol. The highest BCUT2D eigenvalue weighted by Gasteiger charge is 2.22. The van der Waals surface area contributed by atoms with E-state index in [-0.39, 0.29) is 5.56 Å². The van der Waals surface area contributed by atoms with E-state index < -0.39 is 11.8 Å². The summed E-state index contributed by atoms with van der Waals surface area (Å²) in [6.07, 6.45) is 4.45. The smallest absolute Gasteiger partial charge is 0.337 e. The summed E-state index contributed by atoms with van der Waals surface area (Å²) in [5, 5.41) is 9.18. The molecule has 1 aliphatic heterocycles. The highest BCUT2D eigenvalue weighted by Crippen LogP contribution is 2.28. The maximum Gasteiger partial charge on any atom is 0.337 e. The largest absolute Gasteiger partial charge is 0.478 e. The van der Waals surface area contributed by atoms with Crippen LogP contribution in [0.4, 0.5) is 10.1 Å². The number of hydrogen-bond donors (Lipinski definition) is 1. The van der Waals surface area contributed by atoms with E-state index >= 15 is 0 Å². The van der Waals surface area contributed by atoms with E-state index in [0.717, 1.165) is 25.5 Å². The molecule has 18 heavy (non-hydrogen) atoms. The minimum absolute atomic E-state index is 0.0590. The predicted octanol–water partition coefficient (Wildman–Crippen LogP) is 3.29. The lowest BCUT2D eigenvalue weighted by Gasteiger charge is -2.30. The Bertz CT molecular complexity index is 447. The summed E-state index contributed by atoms with van der Waals surface area (Å²) in [6.45, 7) is 2.94. The number of carbonyl (C=O) groups is 1. The van der Waals surface area contributed by atoms with E-state index in [2.05, 4.69) is 11.8 Å². The Balaban J connectivity index is 2.39. The van der Waals surface area contributed by atoms with Crippen molar-refractivity contribution in [1.29, 1.82) is 0 Å². The van der Waals surface area contributed by atoms with Crippen LogP contribution in [0.5, 0.6) is 0 Å². The molecule has 0 spiro atoms. The molecule has 0 amide bonds. The molecule has 1 atom stereocenters. The first-order valence-electron chi connectivity index (χ1n) is 6.39. The zero-order valence-corrected chi connectivity index (χ0v) is 10.5. The first-order chi connectivity index (χ1) is 8.59. The number of carboxylic acid groups (broad SMARTS) is 1. The summed E-state index contributed by atoms with van der Waals surface area (Å²) >= 11 is 0. The van der Waals surface area contributed by atoms with Crippen molar-refractivity contribution in [3.05, 3.63) is 29.6 Å². The van der Waals surface area contributed by atoms with E-state index in [1.807, 2.05) is 0 Å². The van der Waals surface area contributed by atoms with Gasteiger partial charge in [-0.3, -0.25) is 0 Å². The third kappa shape index (κ3) is 2.63. The summed E-state index contributed by atoms with van der Waals surface area (Å²) in [5.74, 6) is -1.57. The molecule has 0 aromatic heterocycles. The van der Waals surface area contributed by atoms with Crippen molar-refractivity contribution in [2.24, 2.45) is 0 Å². The summed E-state index contributed by atoms with van der Waals surface area (Å²) < 4.78 is 13.2. The number of aromatic carboxylic acids is 1. The third-order valence-electron chi connectivity index (χ3n) is 3.55. The van der Waals surface area contributed by atoms with E-state index in [0.29, 0.717) is 11.7 Å². The minimum Gasteiger partial charge on any atom is -0.478 e. The van der Waals surface area contributed by atoms with Gasteiger partial charge in [0.1, 0.15) is 5.82 Å². The van der Waals surface area contributed by atoms with Crippen LogP contribution in [-0.4, -0.2) is 23.7 Å². The molecule has 1 aromatic carbocycles. The van der Waals surface area contributed by atoms with Crippen LogP contribution < -0.4 is 4.90 Å². The fourth-order valence-electron chi connectivity index (χ4n) is 2.56. The topological polar surface area (TPSA) is 40.5 Å².